The topological polar surface area (TPSA) is 18.5 Å². The fourth-order valence-corrected chi connectivity index (χ4v) is 6.40. The third kappa shape index (κ3) is 2.61. The van der Waals surface area contributed by atoms with E-state index in [1.807, 2.05) is 14.2 Å². The summed E-state index contributed by atoms with van der Waals surface area (Å²) < 4.78 is 11.6. The molecule has 0 bridgehead atoms. The van der Waals surface area contributed by atoms with Gasteiger partial charge in [-0.1, -0.05) is 47.0 Å². The average Bonchev–Trinajstić information content (AvgIpc) is 2.31. The van der Waals surface area contributed by atoms with Gasteiger partial charge in [-0.05, 0) is 24.2 Å². The molecule has 0 aromatic rings. The monoisotopic (exact) mass is 258 g/mol. The molecule has 3 heteroatoms. The van der Waals surface area contributed by atoms with Gasteiger partial charge in [0.1, 0.15) is 0 Å². The van der Waals surface area contributed by atoms with Gasteiger partial charge >= 0.3 is 9.28 Å². The zero-order valence-electron chi connectivity index (χ0n) is 12.5. The summed E-state index contributed by atoms with van der Waals surface area (Å²) in [5.74, 6) is 0.667. The van der Waals surface area contributed by atoms with Crippen molar-refractivity contribution < 1.29 is 8.85 Å². The van der Waals surface area contributed by atoms with Gasteiger partial charge in [0, 0.05) is 19.3 Å². The van der Waals surface area contributed by atoms with Gasteiger partial charge in [0.15, 0.2) is 0 Å². The van der Waals surface area contributed by atoms with E-state index in [9.17, 15) is 0 Å². The predicted octanol–water partition coefficient (Wildman–Crippen LogP) is 3.89. The summed E-state index contributed by atoms with van der Waals surface area (Å²) in [7, 11) is 2.09. The Morgan fingerprint density at radius 3 is 1.82 bits per heavy atom. The predicted molar refractivity (Wildman–Crippen MR) is 75.6 cm³/mol. The zero-order valence-corrected chi connectivity index (χ0v) is 13.7. The first-order chi connectivity index (χ1) is 7.92. The molecule has 0 heterocycles. The second-order valence-corrected chi connectivity index (χ2v) is 9.11. The van der Waals surface area contributed by atoms with Gasteiger partial charge in [0.2, 0.25) is 0 Å². The van der Waals surface area contributed by atoms with Crippen LogP contribution in [0, 0.1) is 11.3 Å². The molecule has 2 nitrogen and oxygen atoms in total. The fourth-order valence-electron chi connectivity index (χ4n) is 3.49. The van der Waals surface area contributed by atoms with E-state index in [0.717, 1.165) is 0 Å². The van der Waals surface area contributed by atoms with Gasteiger partial charge in [-0.25, -0.2) is 0 Å². The van der Waals surface area contributed by atoms with Crippen molar-refractivity contribution in [3.8, 4) is 0 Å². The summed E-state index contributed by atoms with van der Waals surface area (Å²) in [4.78, 5) is 0. The van der Waals surface area contributed by atoms with Crippen LogP contribution in [0.25, 0.3) is 0 Å². The van der Waals surface area contributed by atoms with Gasteiger partial charge in [-0.15, -0.1) is 0 Å². The van der Waals surface area contributed by atoms with Crippen molar-refractivity contribution in [3.63, 3.8) is 0 Å². The van der Waals surface area contributed by atoms with Crippen LogP contribution in [0.3, 0.4) is 0 Å². The molecule has 0 saturated heterocycles. The third-order valence-electron chi connectivity index (χ3n) is 5.35. The van der Waals surface area contributed by atoms with E-state index in [1.165, 1.54) is 32.1 Å². The van der Waals surface area contributed by atoms with Crippen molar-refractivity contribution >= 4 is 9.28 Å². The highest BCUT2D eigenvalue weighted by molar-refractivity contribution is 6.49. The summed E-state index contributed by atoms with van der Waals surface area (Å²) in [5.41, 5.74) is 0.302. The molecule has 102 valence electrons. The SMILES string of the molecule is CO[SiH](OC)C1(C(C)(C)C(C)C)CCCCC1. The molecule has 0 spiro atoms. The van der Waals surface area contributed by atoms with E-state index in [2.05, 4.69) is 27.7 Å². The minimum Gasteiger partial charge on any atom is -0.400 e. The number of hydrogen-bond acceptors (Lipinski definition) is 2. The summed E-state index contributed by atoms with van der Waals surface area (Å²) >= 11 is 0. The van der Waals surface area contributed by atoms with Crippen LogP contribution in [0.1, 0.15) is 59.8 Å². The van der Waals surface area contributed by atoms with Crippen LogP contribution in [-0.2, 0) is 8.85 Å². The lowest BCUT2D eigenvalue weighted by molar-refractivity contribution is 0.0732. The van der Waals surface area contributed by atoms with Crippen molar-refractivity contribution in [2.75, 3.05) is 14.2 Å². The van der Waals surface area contributed by atoms with Crippen molar-refractivity contribution in [3.05, 3.63) is 0 Å². The molecule has 0 aromatic heterocycles. The third-order valence-corrected chi connectivity index (χ3v) is 8.43. The molecule has 17 heavy (non-hydrogen) atoms. The van der Waals surface area contributed by atoms with Crippen LogP contribution in [0.15, 0.2) is 0 Å². The molecular weight excluding hydrogens is 228 g/mol. The Labute approximate surface area is 109 Å². The van der Waals surface area contributed by atoms with Crippen LogP contribution in [0.2, 0.25) is 5.04 Å². The van der Waals surface area contributed by atoms with Crippen LogP contribution in [-0.4, -0.2) is 23.5 Å². The van der Waals surface area contributed by atoms with Gasteiger partial charge in [-0.3, -0.25) is 0 Å². The standard InChI is InChI=1S/C14H30O2Si/c1-12(2)13(3,4)14(17(15-5)16-6)10-8-7-9-11-14/h12,17H,7-11H2,1-6H3. The van der Waals surface area contributed by atoms with Gasteiger partial charge in [0.05, 0.1) is 0 Å². The highest BCUT2D eigenvalue weighted by atomic mass is 28.3. The van der Waals surface area contributed by atoms with E-state index < -0.39 is 9.28 Å². The highest BCUT2D eigenvalue weighted by Gasteiger charge is 2.54. The normalized spacial score (nSPS) is 21.2. The Balaban J connectivity index is 3.08. The van der Waals surface area contributed by atoms with Crippen molar-refractivity contribution in [1.29, 1.82) is 0 Å². The second-order valence-electron chi connectivity index (χ2n) is 6.40. The van der Waals surface area contributed by atoms with Crippen LogP contribution < -0.4 is 0 Å². The Morgan fingerprint density at radius 2 is 1.47 bits per heavy atom. The van der Waals surface area contributed by atoms with Crippen LogP contribution >= 0.6 is 0 Å². The van der Waals surface area contributed by atoms with E-state index >= 15 is 0 Å². The largest absolute Gasteiger partial charge is 0.400 e. The van der Waals surface area contributed by atoms with E-state index in [1.54, 1.807) is 0 Å². The van der Waals surface area contributed by atoms with Gasteiger partial charge in [-0.2, -0.15) is 0 Å². The molecule has 1 fully saturated rings. The minimum atomic E-state index is -1.59. The first kappa shape index (κ1) is 15.2. The molecule has 0 aromatic carbocycles. The Kier molecular flexibility index (Phi) is 5.23. The first-order valence-electron chi connectivity index (χ1n) is 6.98. The van der Waals surface area contributed by atoms with Crippen LogP contribution in [0.5, 0.6) is 0 Å². The molecule has 1 aliphatic rings. The highest BCUT2D eigenvalue weighted by Crippen LogP contribution is 2.60. The molecule has 0 amide bonds. The molecule has 0 unspecified atom stereocenters. The maximum atomic E-state index is 5.80. The maximum Gasteiger partial charge on any atom is 0.327 e. The minimum absolute atomic E-state index is 0.302. The molecule has 1 saturated carbocycles. The number of hydrogen-bond donors (Lipinski definition) is 0. The summed E-state index contributed by atoms with van der Waals surface area (Å²) in [6.07, 6.45) is 6.64. The van der Waals surface area contributed by atoms with Gasteiger partial charge in [0.25, 0.3) is 0 Å². The smallest absolute Gasteiger partial charge is 0.327 e. The molecule has 0 radical (unpaired) electrons. The van der Waals surface area contributed by atoms with Crippen molar-refractivity contribution in [1.82, 2.24) is 0 Å². The van der Waals surface area contributed by atoms with E-state index in [0.29, 0.717) is 16.4 Å². The summed E-state index contributed by atoms with van der Waals surface area (Å²) in [5, 5.41) is 0.308. The second kappa shape index (κ2) is 5.85. The molecular formula is C14H30O2Si. The Bertz CT molecular complexity index is 228. The Hall–Kier alpha value is 0.137. The van der Waals surface area contributed by atoms with Gasteiger partial charge < -0.3 is 8.85 Å². The Morgan fingerprint density at radius 1 is 1.00 bits per heavy atom. The molecule has 0 atom stereocenters. The molecule has 1 aliphatic carbocycles. The lowest BCUT2D eigenvalue weighted by Crippen LogP contribution is -2.49. The average molecular weight is 258 g/mol. The fraction of sp³-hybridized carbons (Fsp3) is 1.00. The molecule has 1 rings (SSSR count). The van der Waals surface area contributed by atoms with Crippen molar-refractivity contribution in [2.45, 2.75) is 64.8 Å². The van der Waals surface area contributed by atoms with E-state index in [4.69, 9.17) is 8.85 Å². The molecule has 0 N–H and O–H groups in total. The van der Waals surface area contributed by atoms with Crippen LogP contribution in [0.4, 0.5) is 0 Å². The van der Waals surface area contributed by atoms with E-state index in [-0.39, 0.29) is 0 Å². The lowest BCUT2D eigenvalue weighted by atomic mass is 9.64. The number of rotatable bonds is 5. The lowest BCUT2D eigenvalue weighted by Gasteiger charge is -2.53. The quantitative estimate of drug-likeness (QED) is 0.697. The summed E-state index contributed by atoms with van der Waals surface area (Å²) in [6.45, 7) is 9.52. The summed E-state index contributed by atoms with van der Waals surface area (Å²) in [6, 6.07) is 0. The molecule has 0 aliphatic heterocycles. The zero-order chi connectivity index (χ0) is 13.1. The first-order valence-corrected chi connectivity index (χ1v) is 8.50. The van der Waals surface area contributed by atoms with Crippen molar-refractivity contribution in [2.24, 2.45) is 11.3 Å². The maximum absolute atomic E-state index is 5.80.